The minimum absolute atomic E-state index is 0.0104. The minimum atomic E-state index is -1.22. The average molecular weight is 342 g/mol. The molecule has 136 valence electrons. The molecule has 2 saturated carbocycles. The van der Waals surface area contributed by atoms with Crippen molar-refractivity contribution in [2.45, 2.75) is 71.8 Å². The number of fused-ring (bicyclic) bond motifs is 5. The van der Waals surface area contributed by atoms with E-state index in [1.165, 1.54) is 11.1 Å². The Bertz CT molecular complexity index is 713. The lowest BCUT2D eigenvalue weighted by Gasteiger charge is -2.62. The summed E-state index contributed by atoms with van der Waals surface area (Å²) in [7, 11) is 0. The first-order valence-electron chi connectivity index (χ1n) is 9.81. The number of carbonyl (C=O) groups excluding carboxylic acids is 2. The van der Waals surface area contributed by atoms with Crippen LogP contribution >= 0.6 is 0 Å². The predicted octanol–water partition coefficient (Wildman–Crippen LogP) is 4.00. The van der Waals surface area contributed by atoms with Gasteiger partial charge in [-0.1, -0.05) is 25.5 Å². The molecule has 0 amide bonds. The minimum Gasteiger partial charge on any atom is -0.382 e. The molecule has 1 N–H and O–H groups in total. The van der Waals surface area contributed by atoms with Gasteiger partial charge >= 0.3 is 0 Å². The van der Waals surface area contributed by atoms with Gasteiger partial charge in [0, 0.05) is 18.3 Å². The molecule has 0 heterocycles. The van der Waals surface area contributed by atoms with Crippen LogP contribution in [-0.2, 0) is 9.59 Å². The van der Waals surface area contributed by atoms with E-state index in [-0.39, 0.29) is 22.4 Å². The molecule has 4 rings (SSSR count). The zero-order valence-electron chi connectivity index (χ0n) is 15.9. The molecule has 0 aromatic carbocycles. The quantitative estimate of drug-likeness (QED) is 0.724. The van der Waals surface area contributed by atoms with E-state index < -0.39 is 5.60 Å². The van der Waals surface area contributed by atoms with E-state index in [2.05, 4.69) is 26.8 Å². The Kier molecular flexibility index (Phi) is 3.55. The van der Waals surface area contributed by atoms with E-state index >= 15 is 0 Å². The number of ketones is 2. The smallest absolute Gasteiger partial charge is 0.164 e. The highest BCUT2D eigenvalue weighted by molar-refractivity contribution is 5.92. The second-order valence-electron chi connectivity index (χ2n) is 9.57. The van der Waals surface area contributed by atoms with Gasteiger partial charge in [-0.2, -0.15) is 0 Å². The van der Waals surface area contributed by atoms with Crippen LogP contribution in [0, 0.1) is 28.6 Å². The van der Waals surface area contributed by atoms with Gasteiger partial charge in [-0.05, 0) is 74.3 Å². The van der Waals surface area contributed by atoms with Gasteiger partial charge in [0.25, 0.3) is 0 Å². The van der Waals surface area contributed by atoms with Crippen LogP contribution in [0.3, 0.4) is 0 Å². The molecule has 0 spiro atoms. The summed E-state index contributed by atoms with van der Waals surface area (Å²) in [6, 6.07) is 0. The maximum absolute atomic E-state index is 12.4. The number of hydrogen-bond acceptors (Lipinski definition) is 3. The van der Waals surface area contributed by atoms with Gasteiger partial charge in [0.15, 0.2) is 11.6 Å². The van der Waals surface area contributed by atoms with Crippen molar-refractivity contribution >= 4 is 11.6 Å². The van der Waals surface area contributed by atoms with Gasteiger partial charge in [0.2, 0.25) is 0 Å². The Morgan fingerprint density at radius 3 is 2.48 bits per heavy atom. The molecule has 3 heteroatoms. The Hall–Kier alpha value is -1.22. The van der Waals surface area contributed by atoms with Crippen LogP contribution in [0.25, 0.3) is 0 Å². The molecule has 25 heavy (non-hydrogen) atoms. The van der Waals surface area contributed by atoms with E-state index in [0.29, 0.717) is 30.6 Å². The molecule has 6 unspecified atom stereocenters. The molecule has 0 aliphatic heterocycles. The molecule has 4 aliphatic carbocycles. The van der Waals surface area contributed by atoms with Crippen molar-refractivity contribution in [2.24, 2.45) is 28.6 Å². The Morgan fingerprint density at radius 1 is 1.04 bits per heavy atom. The SMILES string of the molecule is CC1=CC2C(CCC3(C)C2CCC(=O)C3(C)O)C2(C)CCC(=O)C=C12. The standard InChI is InChI=1S/C22H30O3/c1-13-11-15-16(20(2)9-7-14(23)12-18(13)20)8-10-21(3)17(15)5-6-19(24)22(21,4)25/h11-12,15-17,25H,5-10H2,1-4H3. The topological polar surface area (TPSA) is 54.4 Å². The second kappa shape index (κ2) is 5.16. The molecule has 2 fully saturated rings. The predicted molar refractivity (Wildman–Crippen MR) is 96.9 cm³/mol. The summed E-state index contributed by atoms with van der Waals surface area (Å²) >= 11 is 0. The van der Waals surface area contributed by atoms with Crippen molar-refractivity contribution in [3.63, 3.8) is 0 Å². The third-order valence-corrected chi connectivity index (χ3v) is 8.56. The Labute approximate surface area is 150 Å². The summed E-state index contributed by atoms with van der Waals surface area (Å²) < 4.78 is 0. The summed E-state index contributed by atoms with van der Waals surface area (Å²) in [6.07, 6.45) is 9.11. The zero-order valence-corrected chi connectivity index (χ0v) is 15.9. The van der Waals surface area contributed by atoms with E-state index in [4.69, 9.17) is 0 Å². The summed E-state index contributed by atoms with van der Waals surface area (Å²) in [5.41, 5.74) is 0.973. The highest BCUT2D eigenvalue weighted by atomic mass is 16.3. The van der Waals surface area contributed by atoms with Gasteiger partial charge in [-0.3, -0.25) is 9.59 Å². The van der Waals surface area contributed by atoms with Gasteiger partial charge in [0.05, 0.1) is 0 Å². The molecule has 0 radical (unpaired) electrons. The number of allylic oxidation sites excluding steroid dienone is 4. The van der Waals surface area contributed by atoms with E-state index in [1.807, 2.05) is 6.08 Å². The zero-order chi connectivity index (χ0) is 18.2. The molecule has 0 saturated heterocycles. The Morgan fingerprint density at radius 2 is 1.76 bits per heavy atom. The van der Waals surface area contributed by atoms with E-state index in [0.717, 1.165) is 25.7 Å². The van der Waals surface area contributed by atoms with Crippen LogP contribution in [-0.4, -0.2) is 22.3 Å². The Balaban J connectivity index is 1.81. The van der Waals surface area contributed by atoms with Gasteiger partial charge in [0.1, 0.15) is 5.60 Å². The number of hydrogen-bond donors (Lipinski definition) is 1. The second-order valence-corrected chi connectivity index (χ2v) is 9.57. The van der Waals surface area contributed by atoms with Crippen molar-refractivity contribution in [2.75, 3.05) is 0 Å². The lowest BCUT2D eigenvalue weighted by atomic mass is 9.43. The molecular weight excluding hydrogens is 312 g/mol. The third-order valence-electron chi connectivity index (χ3n) is 8.56. The van der Waals surface area contributed by atoms with Crippen molar-refractivity contribution in [1.29, 1.82) is 0 Å². The summed E-state index contributed by atoms with van der Waals surface area (Å²) in [6.45, 7) is 8.35. The maximum Gasteiger partial charge on any atom is 0.164 e. The highest BCUT2D eigenvalue weighted by Gasteiger charge is 2.62. The number of carbonyl (C=O) groups is 2. The van der Waals surface area contributed by atoms with E-state index in [1.54, 1.807) is 6.92 Å². The average Bonchev–Trinajstić information content (AvgIpc) is 2.54. The largest absolute Gasteiger partial charge is 0.382 e. The molecule has 0 bridgehead atoms. The van der Waals surface area contributed by atoms with Crippen molar-refractivity contribution < 1.29 is 14.7 Å². The lowest BCUT2D eigenvalue weighted by molar-refractivity contribution is -0.182. The monoisotopic (exact) mass is 342 g/mol. The summed E-state index contributed by atoms with van der Waals surface area (Å²) in [5.74, 6) is 1.51. The summed E-state index contributed by atoms with van der Waals surface area (Å²) in [4.78, 5) is 24.4. The fraction of sp³-hybridized carbons (Fsp3) is 0.727. The van der Waals surface area contributed by atoms with Gasteiger partial charge in [-0.15, -0.1) is 0 Å². The molecule has 3 nitrogen and oxygen atoms in total. The third kappa shape index (κ3) is 2.08. The van der Waals surface area contributed by atoms with Crippen molar-refractivity contribution in [1.82, 2.24) is 0 Å². The van der Waals surface area contributed by atoms with Crippen molar-refractivity contribution in [3.8, 4) is 0 Å². The highest BCUT2D eigenvalue weighted by Crippen LogP contribution is 2.65. The van der Waals surface area contributed by atoms with Crippen LogP contribution in [0.1, 0.15) is 66.2 Å². The van der Waals surface area contributed by atoms with Crippen LogP contribution in [0.5, 0.6) is 0 Å². The molecule has 0 aromatic heterocycles. The normalized spacial score (nSPS) is 49.6. The molecule has 6 atom stereocenters. The van der Waals surface area contributed by atoms with Crippen molar-refractivity contribution in [3.05, 3.63) is 23.3 Å². The van der Waals surface area contributed by atoms with Crippen LogP contribution < -0.4 is 0 Å². The first-order chi connectivity index (χ1) is 11.6. The number of rotatable bonds is 0. The van der Waals surface area contributed by atoms with Crippen LogP contribution in [0.15, 0.2) is 23.3 Å². The lowest BCUT2D eigenvalue weighted by Crippen LogP contribution is -2.62. The van der Waals surface area contributed by atoms with E-state index in [9.17, 15) is 14.7 Å². The van der Waals surface area contributed by atoms with Crippen LogP contribution in [0.2, 0.25) is 0 Å². The van der Waals surface area contributed by atoms with Gasteiger partial charge < -0.3 is 5.11 Å². The first kappa shape index (κ1) is 17.2. The molecule has 4 aliphatic rings. The fourth-order valence-corrected chi connectivity index (χ4v) is 6.72. The first-order valence-corrected chi connectivity index (χ1v) is 9.81. The molecular formula is C22H30O3. The molecule has 0 aromatic rings. The number of Topliss-reactive ketones (excluding diaryl/α,β-unsaturated/α-hetero) is 1. The van der Waals surface area contributed by atoms with Gasteiger partial charge in [-0.25, -0.2) is 0 Å². The maximum atomic E-state index is 12.4. The number of aliphatic hydroxyl groups is 1. The fourth-order valence-electron chi connectivity index (χ4n) is 6.72. The summed E-state index contributed by atoms with van der Waals surface area (Å²) in [5, 5.41) is 11.1. The van der Waals surface area contributed by atoms with Crippen LogP contribution in [0.4, 0.5) is 0 Å².